The molecule has 208 valence electrons. The topological polar surface area (TPSA) is 125 Å². The van der Waals surface area contributed by atoms with E-state index in [2.05, 4.69) is 30.6 Å². The van der Waals surface area contributed by atoms with Gasteiger partial charge in [0.2, 0.25) is 5.91 Å². The first-order chi connectivity index (χ1) is 19.3. The summed E-state index contributed by atoms with van der Waals surface area (Å²) >= 11 is 0. The summed E-state index contributed by atoms with van der Waals surface area (Å²) in [5.74, 6) is -1.94. The van der Waals surface area contributed by atoms with Crippen LogP contribution in [0.1, 0.15) is 37.5 Å². The Kier molecular flexibility index (Phi) is 6.76. The average Bonchev–Trinajstić information content (AvgIpc) is 3.75. The summed E-state index contributed by atoms with van der Waals surface area (Å²) in [5.41, 5.74) is 4.18. The molecule has 2 saturated heterocycles. The molecule has 2 aliphatic heterocycles. The van der Waals surface area contributed by atoms with Crippen molar-refractivity contribution in [2.24, 2.45) is 0 Å². The standard InChI is InChI=1S/C27H25F3N6O4/c28-27(29,30)26(38)40-36-12-2-4-21(36)25(37)34-23-18-10-9-17(13-22(18)39-35-23)15-5-7-16(8-6-15)20-14-32-24(33-20)19-3-1-11-31-19/h5-10,13-14,19,21,31H,1-4,11-12H2,(H,32,33)(H,34,35,37)/t19-,21-/m0/s1. The molecule has 4 heterocycles. The molecule has 2 aliphatic rings. The van der Waals surface area contributed by atoms with E-state index in [-0.39, 0.29) is 24.8 Å². The number of amides is 1. The Bertz CT molecular complexity index is 1540. The number of H-pyrrole nitrogens is 1. The molecule has 10 nitrogen and oxygen atoms in total. The van der Waals surface area contributed by atoms with Gasteiger partial charge in [0.1, 0.15) is 11.9 Å². The Hall–Kier alpha value is -4.23. The third kappa shape index (κ3) is 5.17. The zero-order valence-electron chi connectivity index (χ0n) is 21.1. The highest BCUT2D eigenvalue weighted by atomic mass is 19.4. The maximum atomic E-state index is 12.8. The fourth-order valence-corrected chi connectivity index (χ4v) is 5.10. The number of aromatic nitrogens is 3. The molecular formula is C27H25F3N6O4. The van der Waals surface area contributed by atoms with E-state index < -0.39 is 24.1 Å². The van der Waals surface area contributed by atoms with Gasteiger partial charge < -0.3 is 25.0 Å². The van der Waals surface area contributed by atoms with E-state index in [1.54, 1.807) is 12.1 Å². The van der Waals surface area contributed by atoms with Gasteiger partial charge in [0.25, 0.3) is 0 Å². The second kappa shape index (κ2) is 10.4. The van der Waals surface area contributed by atoms with Crippen molar-refractivity contribution in [3.05, 3.63) is 54.5 Å². The zero-order chi connectivity index (χ0) is 27.9. The van der Waals surface area contributed by atoms with Gasteiger partial charge in [-0.25, -0.2) is 9.78 Å². The number of nitrogens with one attached hydrogen (secondary N) is 3. The number of anilines is 1. The molecule has 6 rings (SSSR count). The number of aromatic amines is 1. The molecule has 0 aliphatic carbocycles. The summed E-state index contributed by atoms with van der Waals surface area (Å²) < 4.78 is 43.2. The van der Waals surface area contributed by atoms with E-state index in [1.807, 2.05) is 36.5 Å². The van der Waals surface area contributed by atoms with E-state index in [9.17, 15) is 22.8 Å². The second-order valence-electron chi connectivity index (χ2n) is 9.81. The molecular weight excluding hydrogens is 529 g/mol. The molecule has 2 atom stereocenters. The summed E-state index contributed by atoms with van der Waals surface area (Å²) in [5, 5.41) is 11.2. The van der Waals surface area contributed by atoms with Crippen molar-refractivity contribution < 1.29 is 32.1 Å². The highest BCUT2D eigenvalue weighted by Crippen LogP contribution is 2.31. The van der Waals surface area contributed by atoms with Crippen LogP contribution in [-0.4, -0.2) is 57.4 Å². The van der Waals surface area contributed by atoms with Gasteiger partial charge in [-0.3, -0.25) is 4.79 Å². The van der Waals surface area contributed by atoms with Crippen LogP contribution in [0.25, 0.3) is 33.4 Å². The van der Waals surface area contributed by atoms with Crippen LogP contribution in [0.3, 0.4) is 0 Å². The zero-order valence-corrected chi connectivity index (χ0v) is 21.1. The summed E-state index contributed by atoms with van der Waals surface area (Å²) in [6.45, 7) is 1.02. The van der Waals surface area contributed by atoms with E-state index in [1.165, 1.54) is 0 Å². The molecule has 0 unspecified atom stereocenters. The number of rotatable bonds is 6. The van der Waals surface area contributed by atoms with E-state index >= 15 is 0 Å². The van der Waals surface area contributed by atoms with Gasteiger partial charge >= 0.3 is 12.1 Å². The Labute approximate surface area is 225 Å². The number of hydroxylamine groups is 2. The number of nitrogens with zero attached hydrogens (tertiary/aromatic N) is 3. The number of halogens is 3. The lowest BCUT2D eigenvalue weighted by Crippen LogP contribution is -2.43. The Morgan fingerprint density at radius 3 is 2.58 bits per heavy atom. The highest BCUT2D eigenvalue weighted by molar-refractivity contribution is 6.02. The van der Waals surface area contributed by atoms with Gasteiger partial charge in [-0.1, -0.05) is 35.5 Å². The summed E-state index contributed by atoms with van der Waals surface area (Å²) in [6, 6.07) is 12.6. The van der Waals surface area contributed by atoms with Crippen LogP contribution in [0.5, 0.6) is 0 Å². The van der Waals surface area contributed by atoms with Crippen LogP contribution in [0, 0.1) is 0 Å². The molecule has 4 aromatic rings. The third-order valence-corrected chi connectivity index (χ3v) is 7.17. The van der Waals surface area contributed by atoms with Crippen LogP contribution in [0.15, 0.2) is 53.2 Å². The molecule has 0 saturated carbocycles. The van der Waals surface area contributed by atoms with Crippen molar-refractivity contribution in [2.45, 2.75) is 43.9 Å². The van der Waals surface area contributed by atoms with Crippen LogP contribution in [0.4, 0.5) is 19.0 Å². The second-order valence-corrected chi connectivity index (χ2v) is 9.81. The molecule has 40 heavy (non-hydrogen) atoms. The van der Waals surface area contributed by atoms with Gasteiger partial charge in [0.05, 0.1) is 23.3 Å². The number of hydrogen-bond acceptors (Lipinski definition) is 8. The number of fused-ring (bicyclic) bond motifs is 1. The monoisotopic (exact) mass is 554 g/mol. The first-order valence-electron chi connectivity index (χ1n) is 12.9. The Balaban J connectivity index is 1.14. The SMILES string of the molecule is O=C(Nc1noc2cc(-c3ccc(-c4cnc([C@@H]5CCCN5)[nH]4)cc3)ccc12)[C@@H]1CCCN1OC(=O)C(F)(F)F. The normalized spacial score (nSPS) is 19.8. The number of hydrogen-bond donors (Lipinski definition) is 3. The van der Waals surface area contributed by atoms with Crippen LogP contribution in [-0.2, 0) is 14.4 Å². The maximum absolute atomic E-state index is 12.8. The van der Waals surface area contributed by atoms with E-state index in [0.717, 1.165) is 52.7 Å². The molecule has 3 N–H and O–H groups in total. The van der Waals surface area contributed by atoms with Gasteiger partial charge in [-0.05, 0) is 61.1 Å². The van der Waals surface area contributed by atoms with E-state index in [4.69, 9.17) is 4.52 Å². The predicted octanol–water partition coefficient (Wildman–Crippen LogP) is 4.73. The van der Waals surface area contributed by atoms with Crippen molar-refractivity contribution in [1.82, 2.24) is 25.5 Å². The summed E-state index contributed by atoms with van der Waals surface area (Å²) in [6.07, 6.45) is -0.488. The molecule has 2 aromatic heterocycles. The maximum Gasteiger partial charge on any atom is 0.492 e. The fraction of sp³-hybridized carbons (Fsp3) is 0.333. The van der Waals surface area contributed by atoms with Crippen LogP contribution in [0.2, 0.25) is 0 Å². The minimum absolute atomic E-state index is 0.0148. The molecule has 2 aromatic carbocycles. The summed E-state index contributed by atoms with van der Waals surface area (Å²) in [4.78, 5) is 36.3. The molecule has 0 spiro atoms. The number of carbonyl (C=O) groups is 2. The first kappa shape index (κ1) is 26.0. The van der Waals surface area contributed by atoms with Crippen molar-refractivity contribution in [2.75, 3.05) is 18.4 Å². The predicted molar refractivity (Wildman–Crippen MR) is 138 cm³/mol. The smallest absolute Gasteiger partial charge is 0.360 e. The van der Waals surface area contributed by atoms with Crippen molar-refractivity contribution in [1.29, 1.82) is 0 Å². The fourth-order valence-electron chi connectivity index (χ4n) is 5.10. The average molecular weight is 555 g/mol. The molecule has 1 amide bonds. The lowest BCUT2D eigenvalue weighted by atomic mass is 10.0. The quantitative estimate of drug-likeness (QED) is 0.312. The van der Waals surface area contributed by atoms with Gasteiger partial charge in [0, 0.05) is 6.54 Å². The molecule has 13 heteroatoms. The van der Waals surface area contributed by atoms with E-state index in [0.29, 0.717) is 17.4 Å². The minimum Gasteiger partial charge on any atom is -0.360 e. The minimum atomic E-state index is -5.15. The van der Waals surface area contributed by atoms with Gasteiger partial charge in [-0.15, -0.1) is 5.06 Å². The Morgan fingerprint density at radius 1 is 1.05 bits per heavy atom. The third-order valence-electron chi connectivity index (χ3n) is 7.17. The van der Waals surface area contributed by atoms with Crippen LogP contribution >= 0.6 is 0 Å². The number of benzene rings is 2. The van der Waals surface area contributed by atoms with Crippen molar-refractivity contribution in [3.8, 4) is 22.4 Å². The molecule has 2 fully saturated rings. The number of alkyl halides is 3. The molecule has 0 radical (unpaired) electrons. The molecule has 0 bridgehead atoms. The van der Waals surface area contributed by atoms with Gasteiger partial charge in [-0.2, -0.15) is 13.2 Å². The summed E-state index contributed by atoms with van der Waals surface area (Å²) in [7, 11) is 0. The number of carbonyl (C=O) groups excluding carboxylic acids is 2. The lowest BCUT2D eigenvalue weighted by Gasteiger charge is -2.22. The highest BCUT2D eigenvalue weighted by Gasteiger charge is 2.45. The lowest BCUT2D eigenvalue weighted by molar-refractivity contribution is -0.240. The number of imidazole rings is 1. The van der Waals surface area contributed by atoms with Crippen molar-refractivity contribution in [3.63, 3.8) is 0 Å². The first-order valence-corrected chi connectivity index (χ1v) is 12.9. The largest absolute Gasteiger partial charge is 0.492 e. The Morgan fingerprint density at radius 2 is 1.82 bits per heavy atom. The van der Waals surface area contributed by atoms with Gasteiger partial charge in [0.15, 0.2) is 11.4 Å². The van der Waals surface area contributed by atoms with Crippen molar-refractivity contribution >= 4 is 28.7 Å². The van der Waals surface area contributed by atoms with Crippen LogP contribution < -0.4 is 10.6 Å².